The van der Waals surface area contributed by atoms with Crippen LogP contribution < -0.4 is 5.32 Å². The van der Waals surface area contributed by atoms with E-state index in [1.54, 1.807) is 6.08 Å². The van der Waals surface area contributed by atoms with E-state index in [0.717, 1.165) is 44.4 Å². The minimum atomic E-state index is -0.230. The quantitative estimate of drug-likeness (QED) is 0.402. The predicted molar refractivity (Wildman–Crippen MR) is 132 cm³/mol. The smallest absolute Gasteiger partial charge is 0.244 e. The lowest BCUT2D eigenvalue weighted by molar-refractivity contribution is -0.174. The van der Waals surface area contributed by atoms with Gasteiger partial charge in [0.2, 0.25) is 5.91 Å². The number of carbonyl (C=O) groups excluding carboxylic acids is 1. The fourth-order valence-corrected chi connectivity index (χ4v) is 9.11. The van der Waals surface area contributed by atoms with Gasteiger partial charge in [0.1, 0.15) is 0 Å². The normalized spacial score (nSPS) is 45.5. The summed E-state index contributed by atoms with van der Waals surface area (Å²) < 4.78 is 0. The van der Waals surface area contributed by atoms with Gasteiger partial charge in [-0.3, -0.25) is 4.79 Å². The summed E-state index contributed by atoms with van der Waals surface area (Å²) in [5.74, 6) is 5.94. The van der Waals surface area contributed by atoms with Gasteiger partial charge in [-0.25, -0.2) is 0 Å². The topological polar surface area (TPSA) is 69.6 Å². The lowest BCUT2D eigenvalue weighted by atomic mass is 9.43. The van der Waals surface area contributed by atoms with E-state index in [-0.39, 0.29) is 30.1 Å². The van der Waals surface area contributed by atoms with Crippen molar-refractivity contribution in [3.63, 3.8) is 0 Å². The predicted octanol–water partition coefficient (Wildman–Crippen LogP) is 4.70. The van der Waals surface area contributed by atoms with Crippen LogP contribution in [0.4, 0.5) is 0 Å². The summed E-state index contributed by atoms with van der Waals surface area (Å²) in [6, 6.07) is 0. The largest absolute Gasteiger partial charge is 0.393 e. The highest BCUT2D eigenvalue weighted by molar-refractivity contribution is 5.87. The monoisotopic (exact) mass is 455 g/mol. The highest BCUT2D eigenvalue weighted by atomic mass is 16.3. The van der Waals surface area contributed by atoms with Gasteiger partial charge in [-0.2, -0.15) is 0 Å². The molecule has 1 amide bonds. The second-order valence-corrected chi connectivity index (χ2v) is 12.3. The van der Waals surface area contributed by atoms with Crippen LogP contribution in [0.3, 0.4) is 0 Å². The van der Waals surface area contributed by atoms with Crippen molar-refractivity contribution in [2.24, 2.45) is 46.3 Å². The summed E-state index contributed by atoms with van der Waals surface area (Å²) in [4.78, 5) is 11.7. The molecule has 1 unspecified atom stereocenters. The summed E-state index contributed by atoms with van der Waals surface area (Å²) >= 11 is 0. The van der Waals surface area contributed by atoms with Gasteiger partial charge in [0.05, 0.1) is 18.8 Å². The molecular weight excluding hydrogens is 410 g/mol. The van der Waals surface area contributed by atoms with E-state index in [4.69, 9.17) is 6.42 Å². The molecule has 4 aliphatic carbocycles. The first-order valence-electron chi connectivity index (χ1n) is 13.5. The molecule has 0 aromatic rings. The SMILES string of the molecule is C#CCNC(=O)/C=C/CC[C@@H](C)[C@H]1CC[C@H]2[C@@H]3CC[C@@H]4C[C@H](O)CC[C@]4(C)[C@H]3CC(O)[C@]12C. The van der Waals surface area contributed by atoms with Crippen molar-refractivity contribution in [2.45, 2.75) is 97.2 Å². The van der Waals surface area contributed by atoms with E-state index >= 15 is 0 Å². The molecule has 0 spiro atoms. The number of hydrogen-bond acceptors (Lipinski definition) is 3. The van der Waals surface area contributed by atoms with Gasteiger partial charge in [-0.1, -0.05) is 32.8 Å². The van der Waals surface area contributed by atoms with E-state index in [1.165, 1.54) is 25.7 Å². The van der Waals surface area contributed by atoms with Crippen molar-refractivity contribution in [2.75, 3.05) is 6.54 Å². The number of allylic oxidation sites excluding steroid dienone is 1. The van der Waals surface area contributed by atoms with Crippen LogP contribution in [0.25, 0.3) is 0 Å². The van der Waals surface area contributed by atoms with E-state index in [2.05, 4.69) is 32.0 Å². The maximum atomic E-state index is 11.7. The Bertz CT molecular complexity index is 786. The fraction of sp³-hybridized carbons (Fsp3) is 0.828. The first kappa shape index (κ1) is 24.8. The summed E-state index contributed by atoms with van der Waals surface area (Å²) in [5, 5.41) is 24.6. The van der Waals surface area contributed by atoms with Crippen LogP contribution in [0.1, 0.15) is 85.0 Å². The zero-order valence-corrected chi connectivity index (χ0v) is 20.9. The molecule has 184 valence electrons. The first-order valence-corrected chi connectivity index (χ1v) is 13.5. The molecule has 0 radical (unpaired) electrons. The van der Waals surface area contributed by atoms with E-state index < -0.39 is 0 Å². The van der Waals surface area contributed by atoms with E-state index in [9.17, 15) is 15.0 Å². The van der Waals surface area contributed by atoms with Gasteiger partial charge in [-0.15, -0.1) is 6.42 Å². The Kier molecular flexibility index (Phi) is 7.32. The van der Waals surface area contributed by atoms with Gasteiger partial charge in [-0.05, 0) is 117 Å². The number of aliphatic hydroxyl groups excluding tert-OH is 2. The molecular formula is C29H45NO3. The van der Waals surface area contributed by atoms with Crippen LogP contribution >= 0.6 is 0 Å². The Labute approximate surface area is 201 Å². The number of aliphatic hydroxyl groups is 2. The first-order chi connectivity index (χ1) is 15.7. The van der Waals surface area contributed by atoms with E-state index in [1.807, 2.05) is 6.08 Å². The Morgan fingerprint density at radius 1 is 1.15 bits per heavy atom. The molecule has 4 saturated carbocycles. The summed E-state index contributed by atoms with van der Waals surface area (Å²) in [6.45, 7) is 7.50. The minimum Gasteiger partial charge on any atom is -0.393 e. The molecule has 0 aromatic carbocycles. The Balaban J connectivity index is 1.42. The van der Waals surface area contributed by atoms with Gasteiger partial charge in [0.25, 0.3) is 0 Å². The third kappa shape index (κ3) is 4.41. The van der Waals surface area contributed by atoms with Crippen molar-refractivity contribution in [3.05, 3.63) is 12.2 Å². The Hall–Kier alpha value is -1.31. The van der Waals surface area contributed by atoms with Crippen molar-refractivity contribution >= 4 is 5.91 Å². The molecule has 0 heterocycles. The van der Waals surface area contributed by atoms with Crippen molar-refractivity contribution < 1.29 is 15.0 Å². The molecule has 10 atom stereocenters. The number of fused-ring (bicyclic) bond motifs is 5. The highest BCUT2D eigenvalue weighted by Gasteiger charge is 2.63. The number of nitrogens with one attached hydrogen (secondary N) is 1. The van der Waals surface area contributed by atoms with Gasteiger partial charge >= 0.3 is 0 Å². The zero-order valence-electron chi connectivity index (χ0n) is 20.9. The standard InChI is InChI=1S/C29H45NO3/c1-5-16-30-27(33)9-7-6-8-19(2)23-12-13-24-22-11-10-20-17-21(31)14-15-28(20,3)25(22)18-26(32)29(23,24)4/h1,7,9,19-26,31-32H,6,8,10-18H2,2-4H3,(H,30,33)/b9-7+/t19-,20-,21-,22+,23-,24+,25+,26?,28+,29-/m1/s1. The number of hydrogen-bond donors (Lipinski definition) is 3. The van der Waals surface area contributed by atoms with Crippen LogP contribution in [0.2, 0.25) is 0 Å². The molecule has 4 nitrogen and oxygen atoms in total. The lowest BCUT2D eigenvalue weighted by Crippen LogP contribution is -2.58. The molecule has 0 saturated heterocycles. The van der Waals surface area contributed by atoms with Gasteiger partial charge in [0.15, 0.2) is 0 Å². The van der Waals surface area contributed by atoms with Crippen LogP contribution in [0.5, 0.6) is 0 Å². The highest BCUT2D eigenvalue weighted by Crippen LogP contribution is 2.68. The minimum absolute atomic E-state index is 0.00580. The molecule has 33 heavy (non-hydrogen) atoms. The average molecular weight is 456 g/mol. The third-order valence-electron chi connectivity index (χ3n) is 10.9. The summed E-state index contributed by atoms with van der Waals surface area (Å²) in [6.07, 6.45) is 19.3. The maximum absolute atomic E-state index is 11.7. The molecule has 4 fully saturated rings. The second kappa shape index (κ2) is 9.74. The number of amides is 1. The van der Waals surface area contributed by atoms with Crippen LogP contribution in [-0.4, -0.2) is 34.9 Å². The molecule has 4 heteroatoms. The molecule has 0 aliphatic heterocycles. The molecule has 0 aromatic heterocycles. The van der Waals surface area contributed by atoms with Crippen molar-refractivity contribution in [1.82, 2.24) is 5.32 Å². The van der Waals surface area contributed by atoms with E-state index in [0.29, 0.717) is 35.0 Å². The molecule has 0 bridgehead atoms. The number of terminal acetylenes is 1. The molecule has 4 rings (SSSR count). The molecule has 4 aliphatic rings. The Morgan fingerprint density at radius 3 is 2.70 bits per heavy atom. The Morgan fingerprint density at radius 2 is 1.94 bits per heavy atom. The summed E-state index contributed by atoms with van der Waals surface area (Å²) in [7, 11) is 0. The lowest BCUT2D eigenvalue weighted by Gasteiger charge is -2.62. The van der Waals surface area contributed by atoms with Crippen LogP contribution in [0.15, 0.2) is 12.2 Å². The maximum Gasteiger partial charge on any atom is 0.244 e. The fourth-order valence-electron chi connectivity index (χ4n) is 9.11. The third-order valence-corrected chi connectivity index (χ3v) is 10.9. The molecule has 3 N–H and O–H groups in total. The van der Waals surface area contributed by atoms with Crippen molar-refractivity contribution in [3.8, 4) is 12.3 Å². The van der Waals surface area contributed by atoms with Crippen molar-refractivity contribution in [1.29, 1.82) is 0 Å². The number of rotatable bonds is 6. The average Bonchev–Trinajstić information content (AvgIpc) is 3.15. The number of carbonyl (C=O) groups is 1. The van der Waals surface area contributed by atoms with Crippen LogP contribution in [-0.2, 0) is 4.79 Å². The second-order valence-electron chi connectivity index (χ2n) is 12.3. The van der Waals surface area contributed by atoms with Crippen LogP contribution in [0, 0.1) is 58.7 Å². The summed E-state index contributed by atoms with van der Waals surface area (Å²) in [5.41, 5.74) is 0.296. The van der Waals surface area contributed by atoms with Gasteiger partial charge in [0, 0.05) is 0 Å². The van der Waals surface area contributed by atoms with Gasteiger partial charge < -0.3 is 15.5 Å². The zero-order chi connectivity index (χ0) is 23.8.